The van der Waals surface area contributed by atoms with Gasteiger partial charge in [-0.25, -0.2) is 4.79 Å². The molecule has 7 nitrogen and oxygen atoms in total. The number of aromatic nitrogens is 2. The Bertz CT molecular complexity index is 623. The number of aromatic amines is 1. The summed E-state index contributed by atoms with van der Waals surface area (Å²) in [5.74, 6) is -0.413. The van der Waals surface area contributed by atoms with Crippen molar-refractivity contribution in [3.8, 4) is 0 Å². The predicted octanol–water partition coefficient (Wildman–Crippen LogP) is -0.367. The van der Waals surface area contributed by atoms with Crippen molar-refractivity contribution >= 4 is 17.7 Å². The van der Waals surface area contributed by atoms with E-state index < -0.39 is 35.6 Å². The Labute approximate surface area is 119 Å². The topological polar surface area (TPSA) is 105 Å². The summed E-state index contributed by atoms with van der Waals surface area (Å²) in [7, 11) is 0. The largest absolute Gasteiger partial charge is 0.394 e. The van der Waals surface area contributed by atoms with Gasteiger partial charge in [-0.15, -0.1) is 0 Å². The van der Waals surface area contributed by atoms with Crippen LogP contribution < -0.4 is 11.2 Å². The van der Waals surface area contributed by atoms with E-state index in [1.165, 1.54) is 16.8 Å². The van der Waals surface area contributed by atoms with Gasteiger partial charge in [0.25, 0.3) is 5.56 Å². The molecule has 3 N–H and O–H groups in total. The zero-order valence-electron chi connectivity index (χ0n) is 10.7. The first kappa shape index (κ1) is 15.0. The summed E-state index contributed by atoms with van der Waals surface area (Å²) in [6.07, 6.45) is 0.231. The SMILES string of the molecule is C[C@H]1[C@H](O)[C@@H](CO)O[C@H]1n1cc(/C=C/Cl)c(=O)[nH]c1=O. The van der Waals surface area contributed by atoms with Gasteiger partial charge in [0.15, 0.2) is 0 Å². The smallest absolute Gasteiger partial charge is 0.330 e. The number of hydrogen-bond acceptors (Lipinski definition) is 5. The molecule has 0 amide bonds. The molecule has 1 aromatic rings. The number of aliphatic hydroxyl groups excluding tert-OH is 2. The number of ether oxygens (including phenoxy) is 1. The number of aliphatic hydroxyl groups is 2. The van der Waals surface area contributed by atoms with E-state index in [-0.39, 0.29) is 12.2 Å². The molecular weight excluding hydrogens is 288 g/mol. The minimum absolute atomic E-state index is 0.192. The van der Waals surface area contributed by atoms with E-state index in [1.807, 2.05) is 0 Å². The Morgan fingerprint density at radius 1 is 1.55 bits per heavy atom. The van der Waals surface area contributed by atoms with Gasteiger partial charge in [-0.3, -0.25) is 14.3 Å². The molecule has 20 heavy (non-hydrogen) atoms. The van der Waals surface area contributed by atoms with Gasteiger partial charge in [0, 0.05) is 17.6 Å². The van der Waals surface area contributed by atoms with Crippen molar-refractivity contribution in [2.24, 2.45) is 5.92 Å². The average molecular weight is 303 g/mol. The number of H-pyrrole nitrogens is 1. The van der Waals surface area contributed by atoms with Crippen molar-refractivity contribution in [2.75, 3.05) is 6.61 Å². The van der Waals surface area contributed by atoms with Crippen LogP contribution in [0.4, 0.5) is 0 Å². The molecule has 0 aromatic carbocycles. The fraction of sp³-hybridized carbons (Fsp3) is 0.500. The number of rotatable bonds is 3. The molecule has 1 fully saturated rings. The molecule has 0 saturated carbocycles. The van der Waals surface area contributed by atoms with E-state index in [1.54, 1.807) is 6.92 Å². The molecule has 1 aliphatic heterocycles. The third-order valence-electron chi connectivity index (χ3n) is 3.38. The second-order valence-electron chi connectivity index (χ2n) is 4.64. The molecule has 1 aromatic heterocycles. The van der Waals surface area contributed by atoms with Gasteiger partial charge in [-0.1, -0.05) is 18.5 Å². The Morgan fingerprint density at radius 2 is 2.25 bits per heavy atom. The second kappa shape index (κ2) is 5.92. The van der Waals surface area contributed by atoms with Crippen LogP contribution in [0, 0.1) is 5.92 Å². The Balaban J connectivity index is 2.46. The lowest BCUT2D eigenvalue weighted by atomic mass is 10.0. The van der Waals surface area contributed by atoms with Gasteiger partial charge in [-0.2, -0.15) is 0 Å². The number of halogens is 1. The summed E-state index contributed by atoms with van der Waals surface area (Å²) in [6, 6.07) is 0. The van der Waals surface area contributed by atoms with Crippen LogP contribution in [-0.2, 0) is 4.74 Å². The van der Waals surface area contributed by atoms with Crippen LogP contribution in [0.25, 0.3) is 6.08 Å². The summed E-state index contributed by atoms with van der Waals surface area (Å²) in [4.78, 5) is 25.6. The van der Waals surface area contributed by atoms with E-state index in [0.717, 1.165) is 5.54 Å². The minimum atomic E-state index is -0.893. The molecule has 0 aliphatic carbocycles. The minimum Gasteiger partial charge on any atom is -0.394 e. The maximum absolute atomic E-state index is 11.9. The fourth-order valence-corrected chi connectivity index (χ4v) is 2.37. The number of hydrogen-bond donors (Lipinski definition) is 3. The van der Waals surface area contributed by atoms with Crippen LogP contribution in [0.1, 0.15) is 18.7 Å². The molecule has 8 heteroatoms. The normalized spacial score (nSPS) is 30.2. The number of nitrogens with zero attached hydrogens (tertiary/aromatic N) is 1. The number of nitrogens with one attached hydrogen (secondary N) is 1. The van der Waals surface area contributed by atoms with Crippen molar-refractivity contribution in [3.05, 3.63) is 38.1 Å². The van der Waals surface area contributed by atoms with Gasteiger partial charge in [0.1, 0.15) is 12.3 Å². The zero-order valence-corrected chi connectivity index (χ0v) is 11.4. The lowest BCUT2D eigenvalue weighted by Gasteiger charge is -2.18. The van der Waals surface area contributed by atoms with Crippen LogP contribution in [0.5, 0.6) is 0 Å². The van der Waals surface area contributed by atoms with E-state index in [9.17, 15) is 14.7 Å². The summed E-state index contributed by atoms with van der Waals surface area (Å²) in [5.41, 5.74) is 0.138. The molecule has 1 aliphatic rings. The third kappa shape index (κ3) is 2.57. The summed E-state index contributed by atoms with van der Waals surface area (Å²) in [6.45, 7) is 1.34. The van der Waals surface area contributed by atoms with Crippen molar-refractivity contribution in [1.29, 1.82) is 0 Å². The summed E-state index contributed by atoms with van der Waals surface area (Å²) >= 11 is 5.43. The first-order valence-corrected chi connectivity index (χ1v) is 6.50. The quantitative estimate of drug-likeness (QED) is 0.707. The molecule has 0 radical (unpaired) electrons. The molecule has 1 saturated heterocycles. The maximum Gasteiger partial charge on any atom is 0.330 e. The molecule has 4 atom stereocenters. The molecule has 0 bridgehead atoms. The van der Waals surface area contributed by atoms with Crippen LogP contribution in [0.15, 0.2) is 21.3 Å². The lowest BCUT2D eigenvalue weighted by molar-refractivity contribution is -0.0477. The van der Waals surface area contributed by atoms with Gasteiger partial charge >= 0.3 is 5.69 Å². The van der Waals surface area contributed by atoms with E-state index >= 15 is 0 Å². The van der Waals surface area contributed by atoms with Crippen molar-refractivity contribution in [1.82, 2.24) is 9.55 Å². The van der Waals surface area contributed by atoms with Crippen LogP contribution in [0.3, 0.4) is 0 Å². The summed E-state index contributed by atoms with van der Waals surface area (Å²) < 4.78 is 6.64. The van der Waals surface area contributed by atoms with Gasteiger partial charge < -0.3 is 14.9 Å². The molecular formula is C12H15ClN2O5. The molecule has 110 valence electrons. The Morgan fingerprint density at radius 3 is 2.80 bits per heavy atom. The molecule has 0 spiro atoms. The van der Waals surface area contributed by atoms with Crippen LogP contribution in [-0.4, -0.2) is 38.6 Å². The Hall–Kier alpha value is -1.41. The maximum atomic E-state index is 11.9. The molecule has 2 heterocycles. The van der Waals surface area contributed by atoms with E-state index in [4.69, 9.17) is 21.4 Å². The van der Waals surface area contributed by atoms with Crippen molar-refractivity contribution < 1.29 is 14.9 Å². The van der Waals surface area contributed by atoms with E-state index in [0.29, 0.717) is 0 Å². The monoisotopic (exact) mass is 302 g/mol. The van der Waals surface area contributed by atoms with Crippen molar-refractivity contribution in [2.45, 2.75) is 25.4 Å². The van der Waals surface area contributed by atoms with Crippen molar-refractivity contribution in [3.63, 3.8) is 0 Å². The van der Waals surface area contributed by atoms with E-state index in [2.05, 4.69) is 4.98 Å². The second-order valence-corrected chi connectivity index (χ2v) is 4.89. The average Bonchev–Trinajstić information content (AvgIpc) is 2.70. The molecule has 2 rings (SSSR count). The third-order valence-corrected chi connectivity index (χ3v) is 3.50. The highest BCUT2D eigenvalue weighted by Crippen LogP contribution is 2.33. The van der Waals surface area contributed by atoms with Crippen LogP contribution >= 0.6 is 11.6 Å². The van der Waals surface area contributed by atoms with Gasteiger partial charge in [0.05, 0.1) is 18.3 Å². The highest BCUT2D eigenvalue weighted by Gasteiger charge is 2.41. The fourth-order valence-electron chi connectivity index (χ4n) is 2.24. The lowest BCUT2D eigenvalue weighted by Crippen LogP contribution is -2.35. The Kier molecular flexibility index (Phi) is 4.44. The highest BCUT2D eigenvalue weighted by molar-refractivity contribution is 6.27. The standard InChI is InChI=1S/C12H15ClN2O5/c1-6-9(17)8(5-16)20-11(6)15-4-7(2-3-13)10(18)14-12(15)19/h2-4,6,8-9,11,16-17H,5H2,1H3,(H,14,18,19)/b3-2+/t6-,8+,9-,11+/m0/s1. The zero-order chi connectivity index (χ0) is 14.9. The predicted molar refractivity (Wildman–Crippen MR) is 72.4 cm³/mol. The highest BCUT2D eigenvalue weighted by atomic mass is 35.5. The first-order valence-electron chi connectivity index (χ1n) is 6.06. The molecule has 0 unspecified atom stereocenters. The summed E-state index contributed by atoms with van der Waals surface area (Å²) in [5, 5.41) is 19.0. The van der Waals surface area contributed by atoms with Gasteiger partial charge in [0.2, 0.25) is 0 Å². The first-order chi connectivity index (χ1) is 9.49. The van der Waals surface area contributed by atoms with Gasteiger partial charge in [-0.05, 0) is 6.08 Å². The van der Waals surface area contributed by atoms with Crippen LogP contribution in [0.2, 0.25) is 0 Å².